The van der Waals surface area contributed by atoms with Crippen LogP contribution in [-0.4, -0.2) is 6.18 Å². The van der Waals surface area contributed by atoms with Gasteiger partial charge in [0, 0.05) is 5.22 Å². The van der Waals surface area contributed by atoms with E-state index in [4.69, 9.17) is 0 Å². The van der Waals surface area contributed by atoms with Crippen LogP contribution in [0.5, 0.6) is 0 Å². The van der Waals surface area contributed by atoms with Gasteiger partial charge in [-0.25, -0.2) is 0 Å². The molecular formula is C4H4F3N3. The van der Waals surface area contributed by atoms with Gasteiger partial charge in [-0.1, -0.05) is 5.11 Å². The quantitative estimate of drug-likeness (QED) is 0.487. The minimum Gasteiger partial charge on any atom is -0.291 e. The summed E-state index contributed by atoms with van der Waals surface area (Å²) in [6.45, 7) is 0. The number of nitrogens with one attached hydrogen (secondary N) is 1. The Labute approximate surface area is 54.8 Å². The molecular weight excluding hydrogens is 147 g/mol. The van der Waals surface area contributed by atoms with E-state index in [1.165, 1.54) is 0 Å². The predicted octanol–water partition coefficient (Wildman–Crippen LogP) is 0.447. The summed E-state index contributed by atoms with van der Waals surface area (Å²) in [5.74, 6) is 0. The Balaban J connectivity index is 2.78. The second-order valence-electron chi connectivity index (χ2n) is 1.72. The molecule has 0 aromatic carbocycles. The lowest BCUT2D eigenvalue weighted by atomic mass is 10.5. The van der Waals surface area contributed by atoms with Gasteiger partial charge in [-0.05, 0) is 0 Å². The first kappa shape index (κ1) is 7.20. The molecule has 0 fully saturated rings. The van der Waals surface area contributed by atoms with Crippen molar-refractivity contribution in [3.63, 3.8) is 0 Å². The number of nitrogens with zero attached hydrogens (tertiary/aromatic N) is 2. The van der Waals surface area contributed by atoms with Gasteiger partial charge in [-0.2, -0.15) is 13.2 Å². The van der Waals surface area contributed by atoms with Crippen LogP contribution in [0.2, 0.25) is 0 Å². The van der Waals surface area contributed by atoms with E-state index in [0.29, 0.717) is 0 Å². The normalized spacial score (nSPS) is 25.2. The average Bonchev–Trinajstić information content (AvgIpc) is 2.11. The molecule has 0 radical (unpaired) electrons. The topological polar surface area (TPSA) is 29.2 Å². The maximum Gasteiger partial charge on any atom is 0.440 e. The highest BCUT2D eigenvalue weighted by atomic mass is 19.4. The predicted molar refractivity (Wildman–Crippen MR) is 25.3 cm³/mol. The molecule has 0 spiro atoms. The standard InChI is InChI=1S/C4H4F3N3/c1-10-2-3(8-9-10)4(5,6)7/h2,10H,1H2. The second kappa shape index (κ2) is 2.05. The molecule has 1 rings (SSSR count). The fraction of sp³-hybridized carbons (Fsp3) is 0.250. The summed E-state index contributed by atoms with van der Waals surface area (Å²) in [6.07, 6.45) is -3.61. The van der Waals surface area contributed by atoms with Crippen LogP contribution >= 0.6 is 0 Å². The number of hydrogen-bond acceptors (Lipinski definition) is 2. The van der Waals surface area contributed by atoms with Gasteiger partial charge < -0.3 is 0 Å². The number of hydrogen-bond donors (Lipinski definition) is 1. The third kappa shape index (κ3) is 1.32. The average molecular weight is 151 g/mol. The smallest absolute Gasteiger partial charge is 0.291 e. The van der Waals surface area contributed by atoms with Crippen molar-refractivity contribution in [2.75, 3.05) is 0 Å². The lowest BCUT2D eigenvalue weighted by Crippen LogP contribution is -2.95. The fourth-order valence-corrected chi connectivity index (χ4v) is 0.472. The summed E-state index contributed by atoms with van der Waals surface area (Å²) in [7, 11) is 3.18. The first-order valence-corrected chi connectivity index (χ1v) is 2.40. The molecule has 56 valence electrons. The largest absolute Gasteiger partial charge is 0.440 e. The number of allylic oxidation sites excluding steroid dienone is 1. The van der Waals surface area contributed by atoms with E-state index in [1.54, 1.807) is 0 Å². The minimum absolute atomic E-state index is 0.0346. The Morgan fingerprint density at radius 3 is 2.30 bits per heavy atom. The van der Waals surface area contributed by atoms with Crippen molar-refractivity contribution in [3.05, 3.63) is 18.9 Å². The van der Waals surface area contributed by atoms with Crippen molar-refractivity contribution in [2.24, 2.45) is 10.3 Å². The van der Waals surface area contributed by atoms with Crippen molar-refractivity contribution in [3.8, 4) is 0 Å². The van der Waals surface area contributed by atoms with Gasteiger partial charge in [0.2, 0.25) is 5.70 Å². The highest BCUT2D eigenvalue weighted by molar-refractivity contribution is 5.02. The molecule has 0 aromatic heterocycles. The Hall–Kier alpha value is -0.910. The van der Waals surface area contributed by atoms with Gasteiger partial charge in [-0.3, -0.25) is 5.01 Å². The molecule has 0 aliphatic carbocycles. The first-order valence-electron chi connectivity index (χ1n) is 2.40. The van der Waals surface area contributed by atoms with E-state index < -0.39 is 11.9 Å². The summed E-state index contributed by atoms with van der Waals surface area (Å²) in [4.78, 5) is 0. The molecule has 0 saturated heterocycles. The summed E-state index contributed by atoms with van der Waals surface area (Å²) in [6, 6.07) is 0. The Kier molecular flexibility index (Phi) is 1.47. The zero-order chi connectivity index (χ0) is 7.78. The molecule has 10 heavy (non-hydrogen) atoms. The minimum atomic E-state index is -4.40. The Bertz CT molecular complexity index is 192. The van der Waals surface area contributed by atoms with Crippen molar-refractivity contribution in [1.29, 1.82) is 0 Å². The van der Waals surface area contributed by atoms with Crippen molar-refractivity contribution in [1.82, 2.24) is 0 Å². The zero-order valence-corrected chi connectivity index (χ0v) is 4.81. The SMILES string of the molecule is [CH2-][NH+]1C=C(C(F)(F)F)N=N1. The molecule has 1 aliphatic heterocycles. The number of quaternary nitrogens is 1. The first-order chi connectivity index (χ1) is 4.50. The van der Waals surface area contributed by atoms with E-state index in [-0.39, 0.29) is 5.01 Å². The molecule has 0 aromatic rings. The summed E-state index contributed by atoms with van der Waals surface area (Å²) in [5.41, 5.74) is -0.988. The Morgan fingerprint density at radius 1 is 1.50 bits per heavy atom. The van der Waals surface area contributed by atoms with E-state index >= 15 is 0 Å². The number of alkyl halides is 3. The van der Waals surface area contributed by atoms with Gasteiger partial charge in [0.25, 0.3) is 0 Å². The van der Waals surface area contributed by atoms with Crippen LogP contribution < -0.4 is 5.01 Å². The van der Waals surface area contributed by atoms with Crippen LogP contribution in [0.25, 0.3) is 0 Å². The summed E-state index contributed by atoms with van der Waals surface area (Å²) >= 11 is 0. The Morgan fingerprint density at radius 2 is 2.10 bits per heavy atom. The van der Waals surface area contributed by atoms with Crippen molar-refractivity contribution < 1.29 is 18.2 Å². The van der Waals surface area contributed by atoms with Crippen molar-refractivity contribution >= 4 is 0 Å². The third-order valence-corrected chi connectivity index (χ3v) is 0.880. The van der Waals surface area contributed by atoms with E-state index in [2.05, 4.69) is 17.4 Å². The maximum absolute atomic E-state index is 11.7. The lowest BCUT2D eigenvalue weighted by Gasteiger charge is -1.99. The van der Waals surface area contributed by atoms with Crippen LogP contribution in [0.3, 0.4) is 0 Å². The van der Waals surface area contributed by atoms with Crippen LogP contribution in [0.15, 0.2) is 22.2 Å². The molecule has 1 aliphatic rings. The molecule has 1 heterocycles. The van der Waals surface area contributed by atoms with Gasteiger partial charge in [0.15, 0.2) is 0 Å². The highest BCUT2D eigenvalue weighted by Gasteiger charge is 2.38. The second-order valence-corrected chi connectivity index (χ2v) is 1.72. The van der Waals surface area contributed by atoms with E-state index in [1.807, 2.05) is 0 Å². The number of rotatable bonds is 0. The van der Waals surface area contributed by atoms with Gasteiger partial charge in [-0.15, -0.1) is 7.05 Å². The molecule has 6 heteroatoms. The monoisotopic (exact) mass is 151 g/mol. The number of halogens is 3. The van der Waals surface area contributed by atoms with Crippen molar-refractivity contribution in [2.45, 2.75) is 6.18 Å². The third-order valence-electron chi connectivity index (χ3n) is 0.880. The van der Waals surface area contributed by atoms with E-state index in [0.717, 1.165) is 6.20 Å². The molecule has 0 bridgehead atoms. The van der Waals surface area contributed by atoms with Crippen LogP contribution in [0, 0.1) is 7.05 Å². The molecule has 0 saturated carbocycles. The van der Waals surface area contributed by atoms with Crippen LogP contribution in [-0.2, 0) is 0 Å². The molecule has 1 atom stereocenters. The fourth-order valence-electron chi connectivity index (χ4n) is 0.472. The highest BCUT2D eigenvalue weighted by Crippen LogP contribution is 2.26. The van der Waals surface area contributed by atoms with Crippen LogP contribution in [0.1, 0.15) is 0 Å². The van der Waals surface area contributed by atoms with Gasteiger partial charge in [0.05, 0.1) is 0 Å². The lowest BCUT2D eigenvalue weighted by molar-refractivity contribution is -0.805. The zero-order valence-electron chi connectivity index (χ0n) is 4.81. The molecule has 1 N–H and O–H groups in total. The van der Waals surface area contributed by atoms with Gasteiger partial charge in [0.1, 0.15) is 6.20 Å². The van der Waals surface area contributed by atoms with Gasteiger partial charge >= 0.3 is 6.18 Å². The molecule has 0 amide bonds. The molecule has 1 unspecified atom stereocenters. The van der Waals surface area contributed by atoms with Crippen LogP contribution in [0.4, 0.5) is 13.2 Å². The van der Waals surface area contributed by atoms with E-state index in [9.17, 15) is 13.2 Å². The molecule has 3 nitrogen and oxygen atoms in total. The maximum atomic E-state index is 11.7. The summed E-state index contributed by atoms with van der Waals surface area (Å²) < 4.78 is 35.0. The summed E-state index contributed by atoms with van der Waals surface area (Å²) in [5, 5.41) is 5.99.